The zero-order chi connectivity index (χ0) is 24.4. The number of alkyl carbamates (subject to hydrolysis) is 1. The van der Waals surface area contributed by atoms with E-state index in [2.05, 4.69) is 10.6 Å². The number of carbonyl (C=O) groups excluding carboxylic acids is 3. The van der Waals surface area contributed by atoms with Crippen molar-refractivity contribution in [3.05, 3.63) is 70.8 Å². The highest BCUT2D eigenvalue weighted by molar-refractivity contribution is 5.89. The van der Waals surface area contributed by atoms with Gasteiger partial charge in [0.1, 0.15) is 18.7 Å². The molecular formula is C26H34N2O5. The van der Waals surface area contributed by atoms with Crippen molar-refractivity contribution in [2.75, 3.05) is 7.11 Å². The van der Waals surface area contributed by atoms with Crippen LogP contribution >= 0.6 is 0 Å². The number of carbonyl (C=O) groups is 3. The predicted octanol–water partition coefficient (Wildman–Crippen LogP) is 3.84. The number of nitrogens with one attached hydrogen (secondary N) is 2. The second-order valence-electron chi connectivity index (χ2n) is 8.55. The predicted molar refractivity (Wildman–Crippen MR) is 127 cm³/mol. The first kappa shape index (κ1) is 25.9. The first-order chi connectivity index (χ1) is 15.7. The maximum atomic E-state index is 13.1. The van der Waals surface area contributed by atoms with Gasteiger partial charge in [-0.1, -0.05) is 62.4 Å². The van der Waals surface area contributed by atoms with Gasteiger partial charge in [-0.05, 0) is 48.4 Å². The van der Waals surface area contributed by atoms with Crippen molar-refractivity contribution in [3.63, 3.8) is 0 Å². The van der Waals surface area contributed by atoms with E-state index in [4.69, 9.17) is 9.47 Å². The van der Waals surface area contributed by atoms with E-state index in [9.17, 15) is 14.4 Å². The minimum Gasteiger partial charge on any atom is -0.467 e. The lowest BCUT2D eigenvalue weighted by Gasteiger charge is -2.24. The third kappa shape index (κ3) is 8.25. The molecule has 0 aliphatic rings. The number of aryl methyl sites for hydroxylation is 2. The van der Waals surface area contributed by atoms with Gasteiger partial charge in [-0.25, -0.2) is 9.59 Å². The number of amides is 2. The fraction of sp³-hybridized carbons (Fsp3) is 0.423. The molecule has 7 nitrogen and oxygen atoms in total. The second kappa shape index (κ2) is 12.6. The third-order valence-corrected chi connectivity index (χ3v) is 5.38. The molecule has 2 N–H and O–H groups in total. The van der Waals surface area contributed by atoms with Gasteiger partial charge in [0.25, 0.3) is 0 Å². The molecule has 2 aromatic carbocycles. The number of benzene rings is 2. The Morgan fingerprint density at radius 1 is 0.879 bits per heavy atom. The van der Waals surface area contributed by atoms with E-state index in [1.807, 2.05) is 76.2 Å². The number of methoxy groups -OCH3 is 1. The number of esters is 1. The lowest BCUT2D eigenvalue weighted by Crippen LogP contribution is -2.53. The molecule has 0 saturated carbocycles. The largest absolute Gasteiger partial charge is 0.467 e. The maximum absolute atomic E-state index is 13.1. The van der Waals surface area contributed by atoms with Crippen LogP contribution in [0.2, 0.25) is 0 Å². The van der Waals surface area contributed by atoms with Crippen molar-refractivity contribution < 1.29 is 23.9 Å². The van der Waals surface area contributed by atoms with E-state index in [1.165, 1.54) is 7.11 Å². The fourth-order valence-corrected chi connectivity index (χ4v) is 3.59. The molecule has 178 valence electrons. The molecule has 0 spiro atoms. The lowest BCUT2D eigenvalue weighted by molar-refractivity contribution is -0.145. The summed E-state index contributed by atoms with van der Waals surface area (Å²) in [6.45, 7) is 7.92. The highest BCUT2D eigenvalue weighted by Gasteiger charge is 2.29. The molecule has 0 fully saturated rings. The number of hydrogen-bond acceptors (Lipinski definition) is 5. The van der Waals surface area contributed by atoms with Crippen LogP contribution in [0.1, 0.15) is 42.5 Å². The number of hydrogen-bond donors (Lipinski definition) is 2. The monoisotopic (exact) mass is 454 g/mol. The van der Waals surface area contributed by atoms with Crippen LogP contribution in [0.5, 0.6) is 0 Å². The summed E-state index contributed by atoms with van der Waals surface area (Å²) in [6, 6.07) is 13.4. The van der Waals surface area contributed by atoms with Crippen molar-refractivity contribution in [1.82, 2.24) is 10.6 Å². The SMILES string of the molecule is COC(=O)[C@@H](Cc1c(C)cccc1C)NC(=O)[C@H](CC(C)C)NC(=O)OCc1ccccc1. The Labute approximate surface area is 195 Å². The van der Waals surface area contributed by atoms with Crippen LogP contribution in [0.25, 0.3) is 0 Å². The molecule has 2 atom stereocenters. The Morgan fingerprint density at radius 2 is 1.52 bits per heavy atom. The fourth-order valence-electron chi connectivity index (χ4n) is 3.59. The highest BCUT2D eigenvalue weighted by atomic mass is 16.5. The van der Waals surface area contributed by atoms with E-state index in [-0.39, 0.29) is 12.5 Å². The van der Waals surface area contributed by atoms with Crippen LogP contribution in [0.15, 0.2) is 48.5 Å². The maximum Gasteiger partial charge on any atom is 0.408 e. The van der Waals surface area contributed by atoms with E-state index < -0.39 is 30.1 Å². The molecule has 0 radical (unpaired) electrons. The molecule has 0 aliphatic carbocycles. The Kier molecular flexibility index (Phi) is 9.91. The summed E-state index contributed by atoms with van der Waals surface area (Å²) in [5, 5.41) is 5.41. The van der Waals surface area contributed by atoms with E-state index >= 15 is 0 Å². The minimum atomic E-state index is -0.876. The Hall–Kier alpha value is -3.35. The topological polar surface area (TPSA) is 93.7 Å². The Bertz CT molecular complexity index is 923. The average Bonchev–Trinajstić information content (AvgIpc) is 2.78. The minimum absolute atomic E-state index is 0.0973. The van der Waals surface area contributed by atoms with Gasteiger partial charge in [-0.15, -0.1) is 0 Å². The van der Waals surface area contributed by atoms with Crippen molar-refractivity contribution in [2.45, 2.75) is 59.2 Å². The van der Waals surface area contributed by atoms with Crippen LogP contribution in [0.3, 0.4) is 0 Å². The van der Waals surface area contributed by atoms with Gasteiger partial charge in [0.15, 0.2) is 0 Å². The van der Waals surface area contributed by atoms with Gasteiger partial charge in [0, 0.05) is 6.42 Å². The zero-order valence-electron chi connectivity index (χ0n) is 20.0. The van der Waals surface area contributed by atoms with E-state index in [0.717, 1.165) is 22.3 Å². The standard InChI is InChI=1S/C26H34N2O5/c1-17(2)14-22(28-26(31)33-16-20-12-7-6-8-13-20)24(29)27-23(25(30)32-5)15-21-18(3)10-9-11-19(21)4/h6-13,17,22-23H,14-16H2,1-5H3,(H,27,29)(H,28,31)/t22-,23+/m0/s1. The smallest absolute Gasteiger partial charge is 0.408 e. The molecule has 0 saturated heterocycles. The average molecular weight is 455 g/mol. The van der Waals surface area contributed by atoms with Crippen molar-refractivity contribution in [2.24, 2.45) is 5.92 Å². The lowest BCUT2D eigenvalue weighted by atomic mass is 9.96. The third-order valence-electron chi connectivity index (χ3n) is 5.38. The van der Waals surface area contributed by atoms with E-state index in [1.54, 1.807) is 0 Å². The van der Waals surface area contributed by atoms with Crippen LogP contribution in [-0.2, 0) is 32.1 Å². The summed E-state index contributed by atoms with van der Waals surface area (Å²) in [5.74, 6) is -0.867. The molecule has 2 aromatic rings. The summed E-state index contributed by atoms with van der Waals surface area (Å²) in [6.07, 6.45) is -0.00290. The summed E-state index contributed by atoms with van der Waals surface area (Å²) in [4.78, 5) is 37.9. The van der Waals surface area contributed by atoms with Gasteiger partial charge in [-0.2, -0.15) is 0 Å². The van der Waals surface area contributed by atoms with Crippen molar-refractivity contribution in [3.8, 4) is 0 Å². The number of rotatable bonds is 10. The van der Waals surface area contributed by atoms with Gasteiger partial charge in [0.05, 0.1) is 7.11 Å². The van der Waals surface area contributed by atoms with Crippen molar-refractivity contribution >= 4 is 18.0 Å². The molecule has 0 unspecified atom stereocenters. The molecule has 2 rings (SSSR count). The normalized spacial score (nSPS) is 12.5. The highest BCUT2D eigenvalue weighted by Crippen LogP contribution is 2.16. The molecule has 2 amide bonds. The van der Waals surface area contributed by atoms with Gasteiger partial charge >= 0.3 is 12.1 Å². The second-order valence-corrected chi connectivity index (χ2v) is 8.55. The molecule has 0 heterocycles. The van der Waals surface area contributed by atoms with Gasteiger partial charge in [-0.3, -0.25) is 4.79 Å². The Morgan fingerprint density at radius 3 is 2.09 bits per heavy atom. The summed E-state index contributed by atoms with van der Waals surface area (Å²) < 4.78 is 10.2. The first-order valence-corrected chi connectivity index (χ1v) is 11.1. The van der Waals surface area contributed by atoms with Crippen molar-refractivity contribution in [1.29, 1.82) is 0 Å². The number of ether oxygens (including phenoxy) is 2. The van der Waals surface area contributed by atoms with Crippen LogP contribution in [0.4, 0.5) is 4.79 Å². The van der Waals surface area contributed by atoms with E-state index in [0.29, 0.717) is 12.8 Å². The molecule has 33 heavy (non-hydrogen) atoms. The zero-order valence-corrected chi connectivity index (χ0v) is 20.0. The summed E-state index contributed by atoms with van der Waals surface area (Å²) in [5.41, 5.74) is 3.87. The van der Waals surface area contributed by atoms with Crippen LogP contribution in [-0.4, -0.2) is 37.2 Å². The quantitative estimate of drug-likeness (QED) is 0.532. The summed E-state index contributed by atoms with van der Waals surface area (Å²) in [7, 11) is 1.29. The molecular weight excluding hydrogens is 420 g/mol. The van der Waals surface area contributed by atoms with Crippen LogP contribution in [0, 0.1) is 19.8 Å². The molecule has 0 aliphatic heterocycles. The first-order valence-electron chi connectivity index (χ1n) is 11.1. The summed E-state index contributed by atoms with van der Waals surface area (Å²) >= 11 is 0. The van der Waals surface area contributed by atoms with Gasteiger partial charge < -0.3 is 20.1 Å². The molecule has 0 aromatic heterocycles. The molecule has 0 bridgehead atoms. The van der Waals surface area contributed by atoms with Gasteiger partial charge in [0.2, 0.25) is 5.91 Å². The van der Waals surface area contributed by atoms with Crippen LogP contribution < -0.4 is 10.6 Å². The molecule has 7 heteroatoms. The Balaban J connectivity index is 2.09.